The molecule has 1 aliphatic heterocycles. The largest absolute Gasteiger partial charge is 0.497 e. The van der Waals surface area contributed by atoms with Gasteiger partial charge >= 0.3 is 0 Å². The molecule has 1 aliphatic rings. The van der Waals surface area contributed by atoms with Gasteiger partial charge in [0, 0.05) is 17.1 Å². The van der Waals surface area contributed by atoms with Crippen LogP contribution in [0.5, 0.6) is 5.75 Å². The Morgan fingerprint density at radius 2 is 1.73 bits per heavy atom. The van der Waals surface area contributed by atoms with E-state index in [-0.39, 0.29) is 29.9 Å². The molecular weight excluding hydrogens is 403 g/mol. The van der Waals surface area contributed by atoms with Crippen molar-refractivity contribution in [2.75, 3.05) is 19.0 Å². The van der Waals surface area contributed by atoms with Crippen LogP contribution in [0.15, 0.2) is 71.7 Å². The number of benzene rings is 2. The standard InChI is InChI=1S/C23H19FN2O3S/c1-29-18-10-4-15(5-11-18)12-13-26-22(27)20(19-3-2-14-30-19)21(23(26)28)25-17-8-6-16(24)7-9-17/h2-11,14,25H,12-13H2,1H3. The molecule has 0 saturated carbocycles. The predicted octanol–water partition coefficient (Wildman–Crippen LogP) is 4.33. The Balaban J connectivity index is 1.58. The highest BCUT2D eigenvalue weighted by atomic mass is 32.1. The highest BCUT2D eigenvalue weighted by Gasteiger charge is 2.39. The van der Waals surface area contributed by atoms with Gasteiger partial charge in [0.1, 0.15) is 17.3 Å². The van der Waals surface area contributed by atoms with E-state index < -0.39 is 0 Å². The monoisotopic (exact) mass is 422 g/mol. The Hall–Kier alpha value is -3.45. The van der Waals surface area contributed by atoms with Crippen molar-refractivity contribution in [1.29, 1.82) is 0 Å². The molecule has 0 bridgehead atoms. The third-order valence-electron chi connectivity index (χ3n) is 4.83. The summed E-state index contributed by atoms with van der Waals surface area (Å²) in [6, 6.07) is 16.8. The van der Waals surface area contributed by atoms with Crippen molar-refractivity contribution < 1.29 is 18.7 Å². The second-order valence-electron chi connectivity index (χ2n) is 6.72. The van der Waals surface area contributed by atoms with Gasteiger partial charge < -0.3 is 10.1 Å². The van der Waals surface area contributed by atoms with Gasteiger partial charge in [-0.3, -0.25) is 14.5 Å². The second kappa shape index (κ2) is 8.51. The molecule has 4 rings (SSSR count). The van der Waals surface area contributed by atoms with E-state index in [4.69, 9.17) is 4.74 Å². The van der Waals surface area contributed by atoms with Crippen LogP contribution >= 0.6 is 11.3 Å². The number of imide groups is 1. The number of nitrogens with one attached hydrogen (secondary N) is 1. The molecule has 0 spiro atoms. The summed E-state index contributed by atoms with van der Waals surface area (Å²) in [6.45, 7) is 0.257. The first kappa shape index (κ1) is 19.8. The van der Waals surface area contributed by atoms with Crippen molar-refractivity contribution in [3.63, 3.8) is 0 Å². The van der Waals surface area contributed by atoms with Crippen LogP contribution in [-0.2, 0) is 16.0 Å². The van der Waals surface area contributed by atoms with Crippen LogP contribution in [0.4, 0.5) is 10.1 Å². The zero-order valence-corrected chi connectivity index (χ0v) is 17.0. The number of rotatable bonds is 7. The summed E-state index contributed by atoms with van der Waals surface area (Å²) >= 11 is 1.39. The van der Waals surface area contributed by atoms with Crippen LogP contribution in [-0.4, -0.2) is 30.4 Å². The second-order valence-corrected chi connectivity index (χ2v) is 7.67. The van der Waals surface area contributed by atoms with Crippen LogP contribution in [0.3, 0.4) is 0 Å². The van der Waals surface area contributed by atoms with Crippen LogP contribution < -0.4 is 10.1 Å². The molecule has 0 saturated heterocycles. The van der Waals surface area contributed by atoms with E-state index in [2.05, 4.69) is 5.32 Å². The van der Waals surface area contributed by atoms with Gasteiger partial charge in [-0.15, -0.1) is 11.3 Å². The van der Waals surface area contributed by atoms with Gasteiger partial charge in [0.05, 0.1) is 12.7 Å². The van der Waals surface area contributed by atoms with E-state index in [0.29, 0.717) is 22.6 Å². The normalized spacial score (nSPS) is 13.9. The Labute approximate surface area is 177 Å². The third kappa shape index (κ3) is 3.97. The Bertz CT molecular complexity index is 1090. The molecule has 2 amide bonds. The van der Waals surface area contributed by atoms with Crippen molar-refractivity contribution in [2.24, 2.45) is 0 Å². The fourth-order valence-electron chi connectivity index (χ4n) is 3.26. The molecule has 1 N–H and O–H groups in total. The van der Waals surface area contributed by atoms with E-state index >= 15 is 0 Å². The molecule has 5 nitrogen and oxygen atoms in total. The third-order valence-corrected chi connectivity index (χ3v) is 5.72. The Kier molecular flexibility index (Phi) is 5.63. The maximum absolute atomic E-state index is 13.2. The van der Waals surface area contributed by atoms with Crippen molar-refractivity contribution in [2.45, 2.75) is 6.42 Å². The highest BCUT2D eigenvalue weighted by molar-refractivity contribution is 7.11. The number of hydrogen-bond acceptors (Lipinski definition) is 5. The van der Waals surface area contributed by atoms with Crippen LogP contribution in [0, 0.1) is 5.82 Å². The van der Waals surface area contributed by atoms with E-state index in [1.807, 2.05) is 41.8 Å². The summed E-state index contributed by atoms with van der Waals surface area (Å²) in [5.74, 6) is -0.343. The SMILES string of the molecule is COc1ccc(CCN2C(=O)C(Nc3ccc(F)cc3)=C(c3cccs3)C2=O)cc1. The molecule has 152 valence electrons. The van der Waals surface area contributed by atoms with Gasteiger partial charge in [0.15, 0.2) is 0 Å². The Morgan fingerprint density at radius 3 is 2.37 bits per heavy atom. The number of amides is 2. The zero-order valence-electron chi connectivity index (χ0n) is 16.2. The summed E-state index contributed by atoms with van der Waals surface area (Å²) in [6.07, 6.45) is 0.531. The fourth-order valence-corrected chi connectivity index (χ4v) is 4.02. The lowest BCUT2D eigenvalue weighted by Gasteiger charge is -2.15. The average Bonchev–Trinajstić information content (AvgIpc) is 3.36. The minimum Gasteiger partial charge on any atom is -0.497 e. The summed E-state index contributed by atoms with van der Waals surface area (Å²) in [5, 5.41) is 4.88. The number of anilines is 1. The van der Waals surface area contributed by atoms with Gasteiger partial charge in [0.25, 0.3) is 11.8 Å². The number of carbonyl (C=O) groups is 2. The van der Waals surface area contributed by atoms with Crippen LogP contribution in [0.2, 0.25) is 0 Å². The minimum absolute atomic E-state index is 0.212. The molecule has 30 heavy (non-hydrogen) atoms. The number of methoxy groups -OCH3 is 1. The van der Waals surface area contributed by atoms with Gasteiger partial charge in [-0.05, 0) is 59.8 Å². The molecule has 0 atom stereocenters. The molecular formula is C23H19FN2O3S. The lowest BCUT2D eigenvalue weighted by molar-refractivity contribution is -0.136. The molecule has 0 aliphatic carbocycles. The zero-order chi connectivity index (χ0) is 21.1. The first-order valence-electron chi connectivity index (χ1n) is 9.36. The molecule has 0 radical (unpaired) electrons. The topological polar surface area (TPSA) is 58.6 Å². The summed E-state index contributed by atoms with van der Waals surface area (Å²) in [4.78, 5) is 28.2. The maximum atomic E-state index is 13.2. The van der Waals surface area contributed by atoms with Crippen LogP contribution in [0.1, 0.15) is 10.4 Å². The van der Waals surface area contributed by atoms with Gasteiger partial charge in [-0.1, -0.05) is 18.2 Å². The molecule has 1 aromatic heterocycles. The lowest BCUT2D eigenvalue weighted by Crippen LogP contribution is -2.34. The quantitative estimate of drug-likeness (QED) is 0.576. The van der Waals surface area contributed by atoms with E-state index in [1.165, 1.54) is 40.5 Å². The van der Waals surface area contributed by atoms with Crippen molar-refractivity contribution in [3.05, 3.63) is 88.0 Å². The highest BCUT2D eigenvalue weighted by Crippen LogP contribution is 2.33. The van der Waals surface area contributed by atoms with Gasteiger partial charge in [-0.2, -0.15) is 0 Å². The summed E-state index contributed by atoms with van der Waals surface area (Å²) in [7, 11) is 1.60. The van der Waals surface area contributed by atoms with E-state index in [9.17, 15) is 14.0 Å². The van der Waals surface area contributed by atoms with Gasteiger partial charge in [-0.25, -0.2) is 4.39 Å². The smallest absolute Gasteiger partial charge is 0.278 e. The average molecular weight is 422 g/mol. The van der Waals surface area contributed by atoms with E-state index in [0.717, 1.165) is 11.3 Å². The number of carbonyl (C=O) groups excluding carboxylic acids is 2. The van der Waals surface area contributed by atoms with Gasteiger partial charge in [0.2, 0.25) is 0 Å². The molecule has 0 fully saturated rings. The predicted molar refractivity (Wildman–Crippen MR) is 115 cm³/mol. The van der Waals surface area contributed by atoms with Crippen molar-refractivity contribution in [3.8, 4) is 5.75 Å². The number of thiophene rings is 1. The lowest BCUT2D eigenvalue weighted by atomic mass is 10.1. The number of nitrogens with zero attached hydrogens (tertiary/aromatic N) is 1. The Morgan fingerprint density at radius 1 is 1.00 bits per heavy atom. The van der Waals surface area contributed by atoms with Crippen LogP contribution in [0.25, 0.3) is 5.57 Å². The maximum Gasteiger partial charge on any atom is 0.278 e. The molecule has 0 unspecified atom stereocenters. The molecule has 2 heterocycles. The van der Waals surface area contributed by atoms with Crippen molar-refractivity contribution >= 4 is 34.4 Å². The minimum atomic E-state index is -0.388. The first-order valence-corrected chi connectivity index (χ1v) is 10.2. The fraction of sp³-hybridized carbons (Fsp3) is 0.130. The number of ether oxygens (including phenoxy) is 1. The molecule has 2 aromatic carbocycles. The molecule has 7 heteroatoms. The first-order chi connectivity index (χ1) is 14.6. The van der Waals surface area contributed by atoms with E-state index in [1.54, 1.807) is 7.11 Å². The molecule has 3 aromatic rings. The summed E-state index contributed by atoms with van der Waals surface area (Å²) in [5.41, 5.74) is 2.09. The summed E-state index contributed by atoms with van der Waals surface area (Å²) < 4.78 is 18.4. The number of hydrogen-bond donors (Lipinski definition) is 1. The van der Waals surface area contributed by atoms with Crippen molar-refractivity contribution in [1.82, 2.24) is 4.90 Å². The number of halogens is 1.